The number of hydrogen-bond donors (Lipinski definition) is 0. The molecule has 0 unspecified atom stereocenters. The highest BCUT2D eigenvalue weighted by Gasteiger charge is 1.89. The predicted octanol–water partition coefficient (Wildman–Crippen LogP) is 2.89. The molecule has 2 radical (unpaired) electrons. The molecule has 0 atom stereocenters. The molecule has 0 heterocycles. The Balaban J connectivity index is 2.33. The lowest BCUT2D eigenvalue weighted by molar-refractivity contribution is 1.06. The van der Waals surface area contributed by atoms with Gasteiger partial charge in [0.2, 0.25) is 0 Å². The lowest BCUT2D eigenvalue weighted by atomic mass is 10.1. The van der Waals surface area contributed by atoms with E-state index in [2.05, 4.69) is 25.1 Å². The van der Waals surface area contributed by atoms with E-state index in [-0.39, 0.29) is 0 Å². The van der Waals surface area contributed by atoms with Crippen molar-refractivity contribution in [2.24, 2.45) is 0 Å². The molecule has 0 saturated heterocycles. The number of hydrogen-bond acceptors (Lipinski definition) is 0. The third-order valence-electron chi connectivity index (χ3n) is 1.46. The second-order valence-electron chi connectivity index (χ2n) is 2.41. The summed E-state index contributed by atoms with van der Waals surface area (Å²) in [6.45, 7) is 3.63. The first-order chi connectivity index (χ1) is 5.43. The quantitative estimate of drug-likeness (QED) is 0.450. The number of rotatable bonds is 4. The Morgan fingerprint density at radius 1 is 1.27 bits per heavy atom. The van der Waals surface area contributed by atoms with Crippen LogP contribution < -0.4 is 0 Å². The Morgan fingerprint density at radius 3 is 2.64 bits per heavy atom. The van der Waals surface area contributed by atoms with Gasteiger partial charge in [-0.2, -0.15) is 0 Å². The lowest BCUT2D eigenvalue weighted by Crippen LogP contribution is -1.83. The second-order valence-corrected chi connectivity index (χ2v) is 2.41. The molecule has 0 spiro atoms. The van der Waals surface area contributed by atoms with Crippen LogP contribution in [0.3, 0.4) is 0 Å². The summed E-state index contributed by atoms with van der Waals surface area (Å²) in [5.41, 5.74) is 1.31. The van der Waals surface area contributed by atoms with Gasteiger partial charge in [0.05, 0.1) is 0 Å². The average Bonchev–Trinajstić information content (AvgIpc) is 2.07. The molecule has 11 heavy (non-hydrogen) atoms. The van der Waals surface area contributed by atoms with Crippen LogP contribution in [0.25, 0.3) is 0 Å². The number of allylic oxidation sites excluding steroid dienone is 1. The maximum Gasteiger partial charge on any atom is -0.00860 e. The van der Waals surface area contributed by atoms with Gasteiger partial charge in [-0.15, -0.1) is 6.58 Å². The zero-order valence-electron chi connectivity index (χ0n) is 6.59. The SMILES string of the molecule is C=CC[C]Cc1ccccc1. The molecule has 0 saturated carbocycles. The fourth-order valence-electron chi connectivity index (χ4n) is 0.914. The molecule has 0 aliphatic rings. The first kappa shape index (κ1) is 8.06. The molecule has 0 N–H and O–H groups in total. The van der Waals surface area contributed by atoms with E-state index in [1.54, 1.807) is 0 Å². The molecular weight excluding hydrogens is 132 g/mol. The van der Waals surface area contributed by atoms with Gasteiger partial charge in [0, 0.05) is 0 Å². The fourth-order valence-corrected chi connectivity index (χ4v) is 0.914. The molecule has 0 nitrogen and oxygen atoms in total. The third kappa shape index (κ3) is 3.03. The molecule has 0 bridgehead atoms. The molecule has 1 rings (SSSR count). The van der Waals surface area contributed by atoms with Crippen molar-refractivity contribution in [3.05, 3.63) is 55.0 Å². The Bertz CT molecular complexity index is 199. The van der Waals surface area contributed by atoms with Gasteiger partial charge in [-0.05, 0) is 24.8 Å². The van der Waals surface area contributed by atoms with E-state index >= 15 is 0 Å². The van der Waals surface area contributed by atoms with Crippen molar-refractivity contribution in [3.63, 3.8) is 0 Å². The standard InChI is InChI=1S/C11H12/c1-2-3-5-8-11-9-6-4-7-10-11/h2,4,6-7,9-10H,1,3,8H2. The summed E-state index contributed by atoms with van der Waals surface area (Å²) in [7, 11) is 0. The van der Waals surface area contributed by atoms with Crippen molar-refractivity contribution in [1.29, 1.82) is 0 Å². The summed E-state index contributed by atoms with van der Waals surface area (Å²) in [5.74, 6) is 0. The van der Waals surface area contributed by atoms with Crippen molar-refractivity contribution in [2.45, 2.75) is 12.8 Å². The van der Waals surface area contributed by atoms with Gasteiger partial charge in [-0.25, -0.2) is 0 Å². The molecule has 0 amide bonds. The fraction of sp³-hybridized carbons (Fsp3) is 0.182. The summed E-state index contributed by atoms with van der Waals surface area (Å²) in [6.07, 6.45) is 6.89. The maximum atomic E-state index is 3.63. The minimum absolute atomic E-state index is 0.870. The van der Waals surface area contributed by atoms with Gasteiger partial charge in [0.25, 0.3) is 0 Å². The summed E-state index contributed by atoms with van der Waals surface area (Å²) in [4.78, 5) is 0. The van der Waals surface area contributed by atoms with Crippen LogP contribution in [-0.4, -0.2) is 0 Å². The van der Waals surface area contributed by atoms with Crippen LogP contribution in [0, 0.1) is 6.42 Å². The second kappa shape index (κ2) is 4.73. The van der Waals surface area contributed by atoms with Gasteiger partial charge < -0.3 is 0 Å². The normalized spacial score (nSPS) is 9.45. The molecule has 0 aliphatic carbocycles. The van der Waals surface area contributed by atoms with Crippen LogP contribution in [-0.2, 0) is 6.42 Å². The summed E-state index contributed by atoms with van der Waals surface area (Å²) < 4.78 is 0. The Morgan fingerprint density at radius 2 is 2.00 bits per heavy atom. The molecule has 56 valence electrons. The Hall–Kier alpha value is -1.04. The minimum Gasteiger partial charge on any atom is -0.103 e. The highest BCUT2D eigenvalue weighted by Crippen LogP contribution is 2.03. The maximum absolute atomic E-state index is 3.63. The zero-order valence-corrected chi connectivity index (χ0v) is 6.59. The van der Waals surface area contributed by atoms with Crippen LogP contribution in [0.4, 0.5) is 0 Å². The van der Waals surface area contributed by atoms with Crippen molar-refractivity contribution in [3.8, 4) is 0 Å². The van der Waals surface area contributed by atoms with Crippen LogP contribution in [0.2, 0.25) is 0 Å². The van der Waals surface area contributed by atoms with Crippen molar-refractivity contribution in [2.75, 3.05) is 0 Å². The molecule has 0 aromatic heterocycles. The van der Waals surface area contributed by atoms with Gasteiger partial charge in [-0.1, -0.05) is 36.4 Å². The molecule has 1 aromatic rings. The molecule has 0 aliphatic heterocycles. The highest BCUT2D eigenvalue weighted by molar-refractivity contribution is 5.16. The van der Waals surface area contributed by atoms with E-state index in [9.17, 15) is 0 Å². The van der Waals surface area contributed by atoms with Crippen LogP contribution in [0.1, 0.15) is 12.0 Å². The summed E-state index contributed by atoms with van der Waals surface area (Å²) in [6, 6.07) is 10.3. The average molecular weight is 144 g/mol. The molecule has 1 aromatic carbocycles. The van der Waals surface area contributed by atoms with E-state index in [1.165, 1.54) is 5.56 Å². The lowest BCUT2D eigenvalue weighted by Gasteiger charge is -1.96. The monoisotopic (exact) mass is 144 g/mol. The third-order valence-corrected chi connectivity index (χ3v) is 1.46. The Kier molecular flexibility index (Phi) is 3.46. The van der Waals surface area contributed by atoms with Crippen LogP contribution in [0.15, 0.2) is 43.0 Å². The van der Waals surface area contributed by atoms with Gasteiger partial charge in [0.1, 0.15) is 0 Å². The predicted molar refractivity (Wildman–Crippen MR) is 48.2 cm³/mol. The van der Waals surface area contributed by atoms with E-state index < -0.39 is 0 Å². The molecule has 0 heteroatoms. The van der Waals surface area contributed by atoms with E-state index in [1.807, 2.05) is 24.3 Å². The van der Waals surface area contributed by atoms with Crippen LogP contribution >= 0.6 is 0 Å². The number of unbranched alkanes of at least 4 members (excludes halogenated alkanes) is 1. The Labute approximate surface area is 68.6 Å². The van der Waals surface area contributed by atoms with Crippen molar-refractivity contribution >= 4 is 0 Å². The first-order valence-electron chi connectivity index (χ1n) is 3.79. The minimum atomic E-state index is 0.870. The summed E-state index contributed by atoms with van der Waals surface area (Å²) >= 11 is 0. The molecule has 0 fully saturated rings. The van der Waals surface area contributed by atoms with E-state index in [0.29, 0.717) is 0 Å². The largest absolute Gasteiger partial charge is 0.103 e. The topological polar surface area (TPSA) is 0 Å². The van der Waals surface area contributed by atoms with Gasteiger partial charge >= 0.3 is 0 Å². The van der Waals surface area contributed by atoms with Crippen molar-refractivity contribution in [1.82, 2.24) is 0 Å². The smallest absolute Gasteiger partial charge is 0.00860 e. The highest BCUT2D eigenvalue weighted by atomic mass is 13.9. The van der Waals surface area contributed by atoms with Crippen molar-refractivity contribution < 1.29 is 0 Å². The van der Waals surface area contributed by atoms with E-state index in [0.717, 1.165) is 12.8 Å². The van der Waals surface area contributed by atoms with Gasteiger partial charge in [-0.3, -0.25) is 0 Å². The molecular formula is C11H12. The first-order valence-corrected chi connectivity index (χ1v) is 3.79. The van der Waals surface area contributed by atoms with E-state index in [4.69, 9.17) is 0 Å². The summed E-state index contributed by atoms with van der Waals surface area (Å²) in [5, 5.41) is 0. The van der Waals surface area contributed by atoms with Crippen LogP contribution in [0.5, 0.6) is 0 Å². The zero-order chi connectivity index (χ0) is 7.94. The van der Waals surface area contributed by atoms with Gasteiger partial charge in [0.15, 0.2) is 0 Å². The number of benzene rings is 1.